The molecule has 0 atom stereocenters. The van der Waals surface area contributed by atoms with E-state index in [4.69, 9.17) is 0 Å². The van der Waals surface area contributed by atoms with Crippen LogP contribution in [0.4, 0.5) is 16.2 Å². The molecule has 4 rings (SSSR count). The molecule has 2 amide bonds. The molecule has 0 unspecified atom stereocenters. The Labute approximate surface area is 149 Å². The van der Waals surface area contributed by atoms with Crippen molar-refractivity contribution in [3.63, 3.8) is 0 Å². The number of urea groups is 1. The molecule has 7 nitrogen and oxygen atoms in total. The summed E-state index contributed by atoms with van der Waals surface area (Å²) in [4.78, 5) is 27.1. The average Bonchev–Trinajstić information content (AvgIpc) is 3.37. The Morgan fingerprint density at radius 1 is 0.731 bits per heavy atom. The maximum absolute atomic E-state index is 12.5. The van der Waals surface area contributed by atoms with Crippen LogP contribution in [0.25, 0.3) is 22.8 Å². The van der Waals surface area contributed by atoms with E-state index in [1.807, 2.05) is 48.5 Å². The maximum Gasteiger partial charge on any atom is 0.323 e. The van der Waals surface area contributed by atoms with Crippen LogP contribution in [0.3, 0.4) is 0 Å². The summed E-state index contributed by atoms with van der Waals surface area (Å²) in [5, 5.41) is 5.76. The third kappa shape index (κ3) is 3.18. The molecule has 0 radical (unpaired) electrons. The van der Waals surface area contributed by atoms with Gasteiger partial charge >= 0.3 is 6.03 Å². The number of imidazole rings is 2. The molecule has 0 spiro atoms. The topological polar surface area (TPSA) is 98.5 Å². The lowest BCUT2D eigenvalue weighted by Gasteiger charge is -2.12. The molecule has 7 heteroatoms. The van der Waals surface area contributed by atoms with Gasteiger partial charge in [-0.1, -0.05) is 24.3 Å². The molecule has 0 fully saturated rings. The van der Waals surface area contributed by atoms with Gasteiger partial charge < -0.3 is 20.6 Å². The minimum Gasteiger partial charge on any atom is -0.345 e. The summed E-state index contributed by atoms with van der Waals surface area (Å²) < 4.78 is 0. The van der Waals surface area contributed by atoms with Crippen molar-refractivity contribution in [1.29, 1.82) is 0 Å². The molecule has 128 valence electrons. The van der Waals surface area contributed by atoms with E-state index in [0.717, 1.165) is 11.1 Å². The standard InChI is InChI=1S/C19H16N6O/c26-19(24-15-7-3-1-5-13(15)17-20-9-10-21-17)25-16-8-4-2-6-14(16)18-22-11-12-23-18/h1-12H,(H,20,21)(H,22,23)(H2,24,25,26). The highest BCUT2D eigenvalue weighted by atomic mass is 16.2. The van der Waals surface area contributed by atoms with Crippen molar-refractivity contribution in [3.8, 4) is 22.8 Å². The fourth-order valence-electron chi connectivity index (χ4n) is 2.70. The lowest BCUT2D eigenvalue weighted by molar-refractivity contribution is 0.262. The molecule has 2 heterocycles. The summed E-state index contributed by atoms with van der Waals surface area (Å²) in [6.07, 6.45) is 6.83. The summed E-state index contributed by atoms with van der Waals surface area (Å²) in [5.74, 6) is 1.38. The fourth-order valence-corrected chi connectivity index (χ4v) is 2.70. The van der Waals surface area contributed by atoms with E-state index >= 15 is 0 Å². The second-order valence-corrected chi connectivity index (χ2v) is 5.55. The first-order valence-electron chi connectivity index (χ1n) is 8.07. The van der Waals surface area contributed by atoms with Gasteiger partial charge in [-0.15, -0.1) is 0 Å². The predicted molar refractivity (Wildman–Crippen MR) is 101 cm³/mol. The molecule has 0 bridgehead atoms. The minimum atomic E-state index is -0.344. The quantitative estimate of drug-likeness (QED) is 0.448. The van der Waals surface area contributed by atoms with Crippen molar-refractivity contribution < 1.29 is 4.79 Å². The summed E-state index contributed by atoms with van der Waals surface area (Å²) in [5.41, 5.74) is 2.95. The summed E-state index contributed by atoms with van der Waals surface area (Å²) >= 11 is 0. The van der Waals surface area contributed by atoms with Gasteiger partial charge in [0.2, 0.25) is 0 Å². The molecule has 0 saturated heterocycles. The van der Waals surface area contributed by atoms with Crippen LogP contribution in [0.5, 0.6) is 0 Å². The van der Waals surface area contributed by atoms with Gasteiger partial charge in [0.1, 0.15) is 11.6 Å². The highest BCUT2D eigenvalue weighted by molar-refractivity contribution is 6.03. The van der Waals surface area contributed by atoms with E-state index in [1.54, 1.807) is 24.8 Å². The number of hydrogen-bond acceptors (Lipinski definition) is 3. The highest BCUT2D eigenvalue weighted by Crippen LogP contribution is 2.27. The number of nitrogens with one attached hydrogen (secondary N) is 4. The molecule has 2 aromatic heterocycles. The van der Waals surface area contributed by atoms with E-state index in [1.165, 1.54) is 0 Å². The van der Waals surface area contributed by atoms with Gasteiger partial charge in [-0.05, 0) is 24.3 Å². The zero-order valence-corrected chi connectivity index (χ0v) is 13.7. The van der Waals surface area contributed by atoms with Crippen LogP contribution < -0.4 is 10.6 Å². The zero-order chi connectivity index (χ0) is 17.8. The number of para-hydroxylation sites is 2. The number of anilines is 2. The first-order chi connectivity index (χ1) is 12.8. The van der Waals surface area contributed by atoms with E-state index in [9.17, 15) is 4.79 Å². The molecular formula is C19H16N6O. The monoisotopic (exact) mass is 344 g/mol. The van der Waals surface area contributed by atoms with Crippen LogP contribution in [-0.4, -0.2) is 26.0 Å². The van der Waals surface area contributed by atoms with Crippen molar-refractivity contribution in [2.24, 2.45) is 0 Å². The van der Waals surface area contributed by atoms with Gasteiger partial charge in [0.25, 0.3) is 0 Å². The smallest absolute Gasteiger partial charge is 0.323 e. The minimum absolute atomic E-state index is 0.344. The highest BCUT2D eigenvalue weighted by Gasteiger charge is 2.12. The van der Waals surface area contributed by atoms with Gasteiger partial charge in [0.15, 0.2) is 0 Å². The molecule has 26 heavy (non-hydrogen) atoms. The summed E-state index contributed by atoms with van der Waals surface area (Å²) in [6.45, 7) is 0. The SMILES string of the molecule is O=C(Nc1ccccc1-c1ncc[nH]1)Nc1ccccc1-c1ncc[nH]1. The molecule has 0 aliphatic carbocycles. The van der Waals surface area contributed by atoms with Gasteiger partial charge in [-0.3, -0.25) is 0 Å². The van der Waals surface area contributed by atoms with E-state index in [2.05, 4.69) is 30.6 Å². The number of carbonyl (C=O) groups is 1. The van der Waals surface area contributed by atoms with Gasteiger partial charge in [0.05, 0.1) is 11.4 Å². The third-order valence-electron chi connectivity index (χ3n) is 3.86. The number of hydrogen-bond donors (Lipinski definition) is 4. The first kappa shape index (κ1) is 15.6. The largest absolute Gasteiger partial charge is 0.345 e. The molecule has 4 N–H and O–H groups in total. The van der Waals surface area contributed by atoms with Gasteiger partial charge in [-0.2, -0.15) is 0 Å². The fraction of sp³-hybridized carbons (Fsp3) is 0. The number of aromatic amines is 2. The van der Waals surface area contributed by atoms with E-state index in [0.29, 0.717) is 23.0 Å². The third-order valence-corrected chi connectivity index (χ3v) is 3.86. The number of rotatable bonds is 4. The normalized spacial score (nSPS) is 10.5. The van der Waals surface area contributed by atoms with Crippen LogP contribution in [0.2, 0.25) is 0 Å². The maximum atomic E-state index is 12.5. The van der Waals surface area contributed by atoms with Gasteiger partial charge in [0, 0.05) is 35.9 Å². The predicted octanol–water partition coefficient (Wildman–Crippen LogP) is 4.11. The van der Waals surface area contributed by atoms with Crippen LogP contribution >= 0.6 is 0 Å². The average molecular weight is 344 g/mol. The molecule has 0 saturated carbocycles. The number of aromatic nitrogens is 4. The summed E-state index contributed by atoms with van der Waals surface area (Å²) in [7, 11) is 0. The Kier molecular flexibility index (Phi) is 4.17. The zero-order valence-electron chi connectivity index (χ0n) is 13.7. The van der Waals surface area contributed by atoms with Crippen molar-refractivity contribution in [2.75, 3.05) is 10.6 Å². The van der Waals surface area contributed by atoms with Crippen molar-refractivity contribution >= 4 is 17.4 Å². The van der Waals surface area contributed by atoms with Crippen LogP contribution in [0, 0.1) is 0 Å². The second kappa shape index (κ2) is 6.94. The van der Waals surface area contributed by atoms with Crippen LogP contribution in [-0.2, 0) is 0 Å². The number of H-pyrrole nitrogens is 2. The van der Waals surface area contributed by atoms with Crippen molar-refractivity contribution in [3.05, 3.63) is 73.3 Å². The van der Waals surface area contributed by atoms with Crippen molar-refractivity contribution in [2.45, 2.75) is 0 Å². The molecule has 0 aliphatic rings. The molecule has 4 aromatic rings. The van der Waals surface area contributed by atoms with Crippen LogP contribution in [0.15, 0.2) is 73.3 Å². The Morgan fingerprint density at radius 3 is 1.62 bits per heavy atom. The number of amides is 2. The lowest BCUT2D eigenvalue weighted by atomic mass is 10.1. The number of benzene rings is 2. The van der Waals surface area contributed by atoms with Crippen LogP contribution in [0.1, 0.15) is 0 Å². The lowest BCUT2D eigenvalue weighted by Crippen LogP contribution is -2.20. The summed E-state index contributed by atoms with van der Waals surface area (Å²) in [6, 6.07) is 14.6. The number of carbonyl (C=O) groups excluding carboxylic acids is 1. The first-order valence-corrected chi connectivity index (χ1v) is 8.07. The Balaban J connectivity index is 1.57. The molecule has 2 aromatic carbocycles. The van der Waals surface area contributed by atoms with E-state index in [-0.39, 0.29) is 6.03 Å². The Hall–Kier alpha value is -3.87. The van der Waals surface area contributed by atoms with Crippen molar-refractivity contribution in [1.82, 2.24) is 19.9 Å². The van der Waals surface area contributed by atoms with Gasteiger partial charge in [-0.25, -0.2) is 14.8 Å². The molecular weight excluding hydrogens is 328 g/mol. The second-order valence-electron chi connectivity index (χ2n) is 5.55. The Bertz CT molecular complexity index is 926. The number of nitrogens with zero attached hydrogens (tertiary/aromatic N) is 2. The van der Waals surface area contributed by atoms with E-state index < -0.39 is 0 Å². The molecule has 0 aliphatic heterocycles. The Morgan fingerprint density at radius 2 is 1.19 bits per heavy atom.